The second-order valence-electron chi connectivity index (χ2n) is 6.24. The smallest absolute Gasteiger partial charge is 0.234 e. The molecular formula is C20H23N3OS. The fraction of sp³-hybridized carbons (Fsp3) is 0.300. The lowest BCUT2D eigenvalue weighted by molar-refractivity contribution is -0.113. The van der Waals surface area contributed by atoms with Gasteiger partial charge in [-0.2, -0.15) is 0 Å². The molecule has 0 spiro atoms. The average Bonchev–Trinajstić information content (AvgIpc) is 2.93. The summed E-state index contributed by atoms with van der Waals surface area (Å²) in [6, 6.07) is 12.2. The highest BCUT2D eigenvalue weighted by atomic mass is 32.2. The number of aryl methyl sites for hydroxylation is 4. The Kier molecular flexibility index (Phi) is 5.13. The van der Waals surface area contributed by atoms with Crippen LogP contribution >= 0.6 is 11.8 Å². The fourth-order valence-electron chi connectivity index (χ4n) is 3.15. The van der Waals surface area contributed by atoms with E-state index < -0.39 is 0 Å². The SMILES string of the molecule is CCn1c(SCC(=O)Nc2c(C)cc(C)cc2C)nc2ccccc21. The van der Waals surface area contributed by atoms with Crippen molar-refractivity contribution in [3.05, 3.63) is 53.1 Å². The summed E-state index contributed by atoms with van der Waals surface area (Å²) in [5.41, 5.74) is 6.39. The van der Waals surface area contributed by atoms with Gasteiger partial charge in [0, 0.05) is 12.2 Å². The molecule has 0 bridgehead atoms. The van der Waals surface area contributed by atoms with E-state index >= 15 is 0 Å². The molecule has 1 amide bonds. The van der Waals surface area contributed by atoms with Crippen LogP contribution in [0, 0.1) is 20.8 Å². The third-order valence-electron chi connectivity index (χ3n) is 4.21. The van der Waals surface area contributed by atoms with Gasteiger partial charge in [0.1, 0.15) is 0 Å². The van der Waals surface area contributed by atoms with Gasteiger partial charge in [0.2, 0.25) is 5.91 Å². The maximum absolute atomic E-state index is 12.4. The number of fused-ring (bicyclic) bond motifs is 1. The Bertz CT molecular complexity index is 907. The van der Waals surface area contributed by atoms with E-state index in [0.717, 1.165) is 39.5 Å². The van der Waals surface area contributed by atoms with Gasteiger partial charge in [-0.05, 0) is 51.0 Å². The van der Waals surface area contributed by atoms with Crippen molar-refractivity contribution in [2.75, 3.05) is 11.1 Å². The number of nitrogens with zero attached hydrogens (tertiary/aromatic N) is 2. The average molecular weight is 353 g/mol. The minimum atomic E-state index is -0.00485. The van der Waals surface area contributed by atoms with Crippen molar-refractivity contribution >= 4 is 34.4 Å². The Balaban J connectivity index is 1.73. The lowest BCUT2D eigenvalue weighted by Crippen LogP contribution is -2.16. The standard InChI is InChI=1S/C20H23N3OS/c1-5-23-17-9-7-6-8-16(17)21-20(23)25-12-18(24)22-19-14(3)10-13(2)11-15(19)4/h6-11H,5,12H2,1-4H3,(H,22,24). The van der Waals surface area contributed by atoms with Crippen LogP contribution in [0.3, 0.4) is 0 Å². The molecule has 1 aromatic heterocycles. The van der Waals surface area contributed by atoms with Gasteiger partial charge in [-0.1, -0.05) is 41.6 Å². The van der Waals surface area contributed by atoms with Crippen LogP contribution in [0.25, 0.3) is 11.0 Å². The molecule has 1 N–H and O–H groups in total. The zero-order valence-electron chi connectivity index (χ0n) is 15.1. The van der Waals surface area contributed by atoms with Crippen LogP contribution in [0.1, 0.15) is 23.6 Å². The fourth-order valence-corrected chi connectivity index (χ4v) is 4.03. The highest BCUT2D eigenvalue weighted by Gasteiger charge is 2.13. The first-order chi connectivity index (χ1) is 12.0. The number of rotatable bonds is 5. The number of carbonyl (C=O) groups is 1. The third-order valence-corrected chi connectivity index (χ3v) is 5.19. The number of anilines is 1. The summed E-state index contributed by atoms with van der Waals surface area (Å²) in [4.78, 5) is 17.1. The molecule has 2 aromatic carbocycles. The van der Waals surface area contributed by atoms with E-state index in [-0.39, 0.29) is 5.91 Å². The van der Waals surface area contributed by atoms with Crippen LogP contribution < -0.4 is 5.32 Å². The van der Waals surface area contributed by atoms with E-state index in [1.54, 1.807) is 0 Å². The Morgan fingerprint density at radius 1 is 1.16 bits per heavy atom. The van der Waals surface area contributed by atoms with Gasteiger partial charge in [-0.15, -0.1) is 0 Å². The molecule has 0 unspecified atom stereocenters. The van der Waals surface area contributed by atoms with E-state index in [1.165, 1.54) is 17.3 Å². The van der Waals surface area contributed by atoms with Gasteiger partial charge in [-0.25, -0.2) is 4.98 Å². The number of amides is 1. The summed E-state index contributed by atoms with van der Waals surface area (Å²) in [5, 5.41) is 3.94. The first-order valence-corrected chi connectivity index (χ1v) is 9.44. The summed E-state index contributed by atoms with van der Waals surface area (Å²) >= 11 is 1.48. The Morgan fingerprint density at radius 2 is 1.84 bits per heavy atom. The van der Waals surface area contributed by atoms with E-state index in [1.807, 2.05) is 32.0 Å². The Morgan fingerprint density at radius 3 is 2.52 bits per heavy atom. The van der Waals surface area contributed by atoms with E-state index in [2.05, 4.69) is 46.9 Å². The van der Waals surface area contributed by atoms with E-state index in [0.29, 0.717) is 5.75 Å². The highest BCUT2D eigenvalue weighted by Crippen LogP contribution is 2.25. The number of para-hydroxylation sites is 2. The topological polar surface area (TPSA) is 46.9 Å². The van der Waals surface area contributed by atoms with Gasteiger partial charge in [-0.3, -0.25) is 4.79 Å². The van der Waals surface area contributed by atoms with Crippen LogP contribution in [0.2, 0.25) is 0 Å². The Labute approximate surface area is 152 Å². The van der Waals surface area contributed by atoms with Crippen molar-refractivity contribution in [2.45, 2.75) is 39.4 Å². The van der Waals surface area contributed by atoms with Crippen molar-refractivity contribution in [2.24, 2.45) is 0 Å². The molecule has 4 nitrogen and oxygen atoms in total. The van der Waals surface area contributed by atoms with Crippen molar-refractivity contribution in [3.63, 3.8) is 0 Å². The summed E-state index contributed by atoms with van der Waals surface area (Å²) in [7, 11) is 0. The molecule has 0 fully saturated rings. The molecule has 1 heterocycles. The molecule has 0 saturated heterocycles. The first kappa shape index (κ1) is 17.5. The normalized spacial score (nSPS) is 11.0. The van der Waals surface area contributed by atoms with Crippen LogP contribution in [-0.2, 0) is 11.3 Å². The maximum Gasteiger partial charge on any atom is 0.234 e. The molecule has 0 radical (unpaired) electrons. The lowest BCUT2D eigenvalue weighted by Gasteiger charge is -2.13. The predicted octanol–water partition coefficient (Wildman–Crippen LogP) is 4.71. The van der Waals surface area contributed by atoms with Crippen LogP contribution in [0.5, 0.6) is 0 Å². The number of aromatic nitrogens is 2. The number of hydrogen-bond acceptors (Lipinski definition) is 3. The molecule has 0 aliphatic rings. The molecule has 3 rings (SSSR count). The molecule has 25 heavy (non-hydrogen) atoms. The molecule has 0 saturated carbocycles. The zero-order chi connectivity index (χ0) is 18.0. The Hall–Kier alpha value is -2.27. The maximum atomic E-state index is 12.4. The summed E-state index contributed by atoms with van der Waals surface area (Å²) in [5.74, 6) is 0.338. The number of hydrogen-bond donors (Lipinski definition) is 1. The number of nitrogens with one attached hydrogen (secondary N) is 1. The van der Waals surface area contributed by atoms with E-state index in [4.69, 9.17) is 0 Å². The van der Waals surface area contributed by atoms with Crippen molar-refractivity contribution in [1.29, 1.82) is 0 Å². The zero-order valence-corrected chi connectivity index (χ0v) is 15.9. The van der Waals surface area contributed by atoms with Crippen molar-refractivity contribution in [1.82, 2.24) is 9.55 Å². The number of thioether (sulfide) groups is 1. The molecule has 5 heteroatoms. The molecule has 0 atom stereocenters. The van der Waals surface area contributed by atoms with Crippen LogP contribution in [0.15, 0.2) is 41.6 Å². The number of imidazole rings is 1. The highest BCUT2D eigenvalue weighted by molar-refractivity contribution is 7.99. The summed E-state index contributed by atoms with van der Waals surface area (Å²) in [6.07, 6.45) is 0. The largest absolute Gasteiger partial charge is 0.325 e. The monoisotopic (exact) mass is 353 g/mol. The molecule has 0 aliphatic heterocycles. The van der Waals surface area contributed by atoms with Crippen molar-refractivity contribution < 1.29 is 4.79 Å². The second-order valence-corrected chi connectivity index (χ2v) is 7.18. The van der Waals surface area contributed by atoms with Gasteiger partial charge in [0.15, 0.2) is 5.16 Å². The number of benzene rings is 2. The molecule has 130 valence electrons. The van der Waals surface area contributed by atoms with Gasteiger partial charge < -0.3 is 9.88 Å². The number of carbonyl (C=O) groups excluding carboxylic acids is 1. The summed E-state index contributed by atoms with van der Waals surface area (Å²) in [6.45, 7) is 9.05. The third kappa shape index (κ3) is 3.71. The quantitative estimate of drug-likeness (QED) is 0.676. The minimum Gasteiger partial charge on any atom is -0.325 e. The molecular weight excluding hydrogens is 330 g/mol. The van der Waals surface area contributed by atoms with Crippen LogP contribution in [-0.4, -0.2) is 21.2 Å². The molecule has 3 aromatic rings. The van der Waals surface area contributed by atoms with Gasteiger partial charge >= 0.3 is 0 Å². The van der Waals surface area contributed by atoms with E-state index in [9.17, 15) is 4.79 Å². The first-order valence-electron chi connectivity index (χ1n) is 8.45. The van der Waals surface area contributed by atoms with Gasteiger partial charge in [0.05, 0.1) is 16.8 Å². The van der Waals surface area contributed by atoms with Gasteiger partial charge in [0.25, 0.3) is 0 Å². The predicted molar refractivity (Wildman–Crippen MR) is 105 cm³/mol. The second kappa shape index (κ2) is 7.31. The minimum absolute atomic E-state index is 0.00485. The van der Waals surface area contributed by atoms with Crippen LogP contribution in [0.4, 0.5) is 5.69 Å². The summed E-state index contributed by atoms with van der Waals surface area (Å²) < 4.78 is 2.15. The molecule has 0 aliphatic carbocycles. The van der Waals surface area contributed by atoms with Crippen molar-refractivity contribution in [3.8, 4) is 0 Å². The lowest BCUT2D eigenvalue weighted by atomic mass is 10.1.